The van der Waals surface area contributed by atoms with Gasteiger partial charge in [0.2, 0.25) is 0 Å². The Labute approximate surface area is 94.1 Å². The molecule has 0 aliphatic rings. The molecule has 2 aromatic rings. The molecule has 0 spiro atoms. The van der Waals surface area contributed by atoms with Gasteiger partial charge in [-0.3, -0.25) is 9.78 Å². The number of ether oxygens (including phenoxy) is 1. The first-order chi connectivity index (χ1) is 7.75. The molecule has 0 saturated heterocycles. The van der Waals surface area contributed by atoms with Crippen molar-refractivity contribution in [1.82, 2.24) is 4.98 Å². The number of aromatic nitrogens is 1. The second-order valence-corrected chi connectivity index (χ2v) is 3.51. The van der Waals surface area contributed by atoms with E-state index in [2.05, 4.69) is 11.1 Å². The summed E-state index contributed by atoms with van der Waals surface area (Å²) in [5, 5.41) is 1.07. The van der Waals surface area contributed by atoms with E-state index in [4.69, 9.17) is 4.74 Å². The van der Waals surface area contributed by atoms with Crippen LogP contribution in [-0.4, -0.2) is 17.6 Å². The summed E-state index contributed by atoms with van der Waals surface area (Å²) in [7, 11) is 0. The van der Waals surface area contributed by atoms with Gasteiger partial charge in [-0.25, -0.2) is 0 Å². The fourth-order valence-electron chi connectivity index (χ4n) is 1.49. The van der Waals surface area contributed by atoms with Gasteiger partial charge in [0.1, 0.15) is 0 Å². The van der Waals surface area contributed by atoms with Crippen LogP contribution >= 0.6 is 0 Å². The van der Waals surface area contributed by atoms with Crippen LogP contribution in [0.15, 0.2) is 30.3 Å². The molecule has 3 nitrogen and oxygen atoms in total. The maximum Gasteiger partial charge on any atom is 0.302 e. The van der Waals surface area contributed by atoms with E-state index < -0.39 is 0 Å². The van der Waals surface area contributed by atoms with Gasteiger partial charge in [0.25, 0.3) is 0 Å². The zero-order valence-electron chi connectivity index (χ0n) is 9.06. The number of benzene rings is 1. The van der Waals surface area contributed by atoms with Crippen LogP contribution in [-0.2, 0) is 16.0 Å². The molecule has 0 atom stereocenters. The molecule has 0 fully saturated rings. The van der Waals surface area contributed by atoms with E-state index in [0.717, 1.165) is 16.6 Å². The maximum atomic E-state index is 10.6. The second kappa shape index (κ2) is 4.75. The normalized spacial score (nSPS) is 10.3. The van der Waals surface area contributed by atoms with E-state index in [0.29, 0.717) is 13.0 Å². The molecule has 1 aromatic carbocycles. The lowest BCUT2D eigenvalue weighted by molar-refractivity contribution is -0.140. The number of hydrogen-bond donors (Lipinski definition) is 0. The zero-order valence-corrected chi connectivity index (χ0v) is 9.06. The minimum Gasteiger partial charge on any atom is -0.465 e. The van der Waals surface area contributed by atoms with Crippen LogP contribution in [0.5, 0.6) is 0 Å². The summed E-state index contributed by atoms with van der Waals surface area (Å²) in [6.07, 6.45) is 0.647. The number of carbonyl (C=O) groups excluding carboxylic acids is 1. The molecule has 0 saturated carbocycles. The molecule has 81 valence electrons. The number of esters is 1. The zero-order chi connectivity index (χ0) is 11.4. The largest absolute Gasteiger partial charge is 0.465 e. The monoisotopic (exact) mass is 214 g/mol. The minimum atomic E-state index is -0.254. The number of rotatable bonds is 3. The van der Waals surface area contributed by atoms with Crippen molar-refractivity contribution >= 4 is 16.9 Å². The van der Waals surface area contributed by atoms with Gasteiger partial charge in [0, 0.05) is 24.4 Å². The van der Waals surface area contributed by atoms with E-state index in [1.54, 1.807) is 0 Å². The smallest absolute Gasteiger partial charge is 0.302 e. The maximum absolute atomic E-state index is 10.6. The van der Waals surface area contributed by atoms with Gasteiger partial charge in [0.05, 0.1) is 12.1 Å². The van der Waals surface area contributed by atoms with Gasteiger partial charge >= 0.3 is 5.97 Å². The van der Waals surface area contributed by atoms with Gasteiger partial charge < -0.3 is 4.74 Å². The van der Waals surface area contributed by atoms with E-state index in [1.165, 1.54) is 6.92 Å². The molecule has 0 bridgehead atoms. The summed E-state index contributed by atoms with van der Waals surface area (Å²) in [5.74, 6) is -0.254. The fourth-order valence-corrected chi connectivity index (χ4v) is 1.49. The molecule has 0 aliphatic heterocycles. The van der Waals surface area contributed by atoms with Crippen LogP contribution < -0.4 is 0 Å². The average molecular weight is 214 g/mol. The number of hydrogen-bond acceptors (Lipinski definition) is 3. The Balaban J connectivity index is 2.10. The molecule has 3 heteroatoms. The summed E-state index contributed by atoms with van der Waals surface area (Å²) in [5.41, 5.74) is 1.87. The van der Waals surface area contributed by atoms with E-state index in [9.17, 15) is 4.79 Å². The predicted molar refractivity (Wildman–Crippen MR) is 60.9 cm³/mol. The van der Waals surface area contributed by atoms with Gasteiger partial charge in [-0.15, -0.1) is 0 Å². The lowest BCUT2D eigenvalue weighted by Gasteiger charge is -2.03. The van der Waals surface area contributed by atoms with Crippen molar-refractivity contribution in [2.75, 3.05) is 6.61 Å². The first-order valence-corrected chi connectivity index (χ1v) is 5.15. The lowest BCUT2D eigenvalue weighted by Crippen LogP contribution is -2.04. The predicted octanol–water partition coefficient (Wildman–Crippen LogP) is 2.14. The molecular formula is C13H12NO2. The van der Waals surface area contributed by atoms with Crippen LogP contribution in [0.4, 0.5) is 0 Å². The molecule has 16 heavy (non-hydrogen) atoms. The molecular weight excluding hydrogens is 202 g/mol. The third kappa shape index (κ3) is 2.57. The molecule has 2 rings (SSSR count). The molecule has 1 aromatic heterocycles. The summed E-state index contributed by atoms with van der Waals surface area (Å²) in [6, 6.07) is 12.6. The minimum absolute atomic E-state index is 0.254. The standard InChI is InChI=1S/C13H12NO2/c1-10(15)16-9-8-12-7-6-11-4-2-3-5-13(11)14-12/h3-7H,8-9H2,1H3. The highest BCUT2D eigenvalue weighted by Crippen LogP contribution is 2.11. The number of pyridine rings is 1. The Bertz CT molecular complexity index is 508. The molecule has 0 N–H and O–H groups in total. The summed E-state index contributed by atoms with van der Waals surface area (Å²) in [6.45, 7) is 1.79. The van der Waals surface area contributed by atoms with E-state index in [-0.39, 0.29) is 5.97 Å². The quantitative estimate of drug-likeness (QED) is 0.735. The Kier molecular flexibility index (Phi) is 3.15. The number of fused-ring (bicyclic) bond motifs is 1. The van der Waals surface area contributed by atoms with Crippen LogP contribution in [0.1, 0.15) is 12.6 Å². The van der Waals surface area contributed by atoms with Crippen molar-refractivity contribution in [3.63, 3.8) is 0 Å². The van der Waals surface area contributed by atoms with Gasteiger partial charge in [-0.2, -0.15) is 0 Å². The van der Waals surface area contributed by atoms with Gasteiger partial charge in [0.15, 0.2) is 0 Å². The fraction of sp³-hybridized carbons (Fsp3) is 0.231. The van der Waals surface area contributed by atoms with Crippen molar-refractivity contribution in [2.24, 2.45) is 0 Å². The first kappa shape index (κ1) is 10.6. The van der Waals surface area contributed by atoms with Crippen LogP contribution in [0.3, 0.4) is 0 Å². The molecule has 0 amide bonds. The highest BCUT2D eigenvalue weighted by Gasteiger charge is 1.99. The Morgan fingerprint density at radius 1 is 1.44 bits per heavy atom. The summed E-state index contributed by atoms with van der Waals surface area (Å²) >= 11 is 0. The van der Waals surface area contributed by atoms with E-state index in [1.807, 2.05) is 30.3 Å². The molecule has 0 aliphatic carbocycles. The Morgan fingerprint density at radius 3 is 3.12 bits per heavy atom. The SMILES string of the molecule is CC(=O)OCCc1ccc2c[c]ccc2n1. The first-order valence-electron chi connectivity index (χ1n) is 5.15. The van der Waals surface area contributed by atoms with Crippen molar-refractivity contribution in [1.29, 1.82) is 0 Å². The van der Waals surface area contributed by atoms with Crippen molar-refractivity contribution in [3.05, 3.63) is 42.1 Å². The molecule has 1 heterocycles. The van der Waals surface area contributed by atoms with Gasteiger partial charge in [-0.05, 0) is 24.3 Å². The number of carbonyl (C=O) groups is 1. The highest BCUT2D eigenvalue weighted by atomic mass is 16.5. The van der Waals surface area contributed by atoms with Crippen LogP contribution in [0.25, 0.3) is 10.9 Å². The summed E-state index contributed by atoms with van der Waals surface area (Å²) in [4.78, 5) is 15.1. The molecule has 0 unspecified atom stereocenters. The van der Waals surface area contributed by atoms with Crippen LogP contribution in [0.2, 0.25) is 0 Å². The highest BCUT2D eigenvalue weighted by molar-refractivity contribution is 5.78. The van der Waals surface area contributed by atoms with Crippen molar-refractivity contribution < 1.29 is 9.53 Å². The molecule has 1 radical (unpaired) electrons. The van der Waals surface area contributed by atoms with Crippen molar-refractivity contribution in [3.8, 4) is 0 Å². The van der Waals surface area contributed by atoms with E-state index >= 15 is 0 Å². The number of nitrogens with zero attached hydrogens (tertiary/aromatic N) is 1. The second-order valence-electron chi connectivity index (χ2n) is 3.51. The lowest BCUT2D eigenvalue weighted by atomic mass is 10.2. The summed E-state index contributed by atoms with van der Waals surface area (Å²) < 4.78 is 4.87. The Morgan fingerprint density at radius 2 is 2.31 bits per heavy atom. The Hall–Kier alpha value is -1.90. The van der Waals surface area contributed by atoms with Crippen molar-refractivity contribution in [2.45, 2.75) is 13.3 Å². The third-order valence-corrected chi connectivity index (χ3v) is 2.25. The van der Waals surface area contributed by atoms with Gasteiger partial charge in [-0.1, -0.05) is 12.1 Å². The topological polar surface area (TPSA) is 39.2 Å². The average Bonchev–Trinajstić information content (AvgIpc) is 2.28. The third-order valence-electron chi connectivity index (χ3n) is 2.25. The van der Waals surface area contributed by atoms with Crippen LogP contribution in [0, 0.1) is 6.07 Å².